The van der Waals surface area contributed by atoms with Crippen LogP contribution in [0, 0.1) is 6.92 Å². The van der Waals surface area contributed by atoms with E-state index in [1.54, 1.807) is 20.8 Å². The molecule has 5 nitrogen and oxygen atoms in total. The van der Waals surface area contributed by atoms with Crippen molar-refractivity contribution in [3.63, 3.8) is 0 Å². The Kier molecular flexibility index (Phi) is 5.13. The quantitative estimate of drug-likeness (QED) is 0.897. The molecule has 1 amide bonds. The lowest BCUT2D eigenvalue weighted by Gasteiger charge is -2.24. The van der Waals surface area contributed by atoms with Crippen molar-refractivity contribution in [2.75, 3.05) is 0 Å². The second kappa shape index (κ2) is 6.41. The minimum absolute atomic E-state index is 0.155. The molecule has 5 heteroatoms. The molecule has 0 saturated carbocycles. The number of hydrogen-bond donors (Lipinski definition) is 1. The van der Waals surface area contributed by atoms with Gasteiger partial charge in [-0.1, -0.05) is 29.8 Å². The summed E-state index contributed by atoms with van der Waals surface area (Å²) in [4.78, 5) is 22.7. The second-order valence-corrected chi connectivity index (χ2v) is 5.71. The first-order valence-corrected chi connectivity index (χ1v) is 6.43. The Hall–Kier alpha value is -2.04. The highest BCUT2D eigenvalue weighted by Crippen LogP contribution is 2.09. The summed E-state index contributed by atoms with van der Waals surface area (Å²) in [5.74, 6) is -1.34. The highest BCUT2D eigenvalue weighted by Gasteiger charge is 2.20. The van der Waals surface area contributed by atoms with Crippen LogP contribution in [-0.2, 0) is 16.0 Å². The van der Waals surface area contributed by atoms with Gasteiger partial charge in [-0.2, -0.15) is 0 Å². The Morgan fingerprint density at radius 3 is 2.25 bits per heavy atom. The molecule has 0 heterocycles. The van der Waals surface area contributed by atoms with Crippen LogP contribution in [0.2, 0.25) is 0 Å². The molecule has 1 N–H and O–H groups in total. The van der Waals surface area contributed by atoms with E-state index in [1.165, 1.54) is 0 Å². The number of carboxylic acid groups (broad SMARTS) is 1. The number of nitrogens with one attached hydrogen (secondary N) is 1. The minimum atomic E-state index is -1.34. The lowest BCUT2D eigenvalue weighted by atomic mass is 10.0. The van der Waals surface area contributed by atoms with Gasteiger partial charge in [-0.05, 0) is 39.7 Å². The van der Waals surface area contributed by atoms with Gasteiger partial charge in [0.15, 0.2) is 0 Å². The Morgan fingerprint density at radius 1 is 1.25 bits per heavy atom. The van der Waals surface area contributed by atoms with Crippen LogP contribution in [0.5, 0.6) is 0 Å². The Bertz CT molecular complexity index is 474. The van der Waals surface area contributed by atoms with E-state index < -0.39 is 23.7 Å². The van der Waals surface area contributed by atoms with Crippen LogP contribution in [0.15, 0.2) is 24.3 Å². The molecule has 0 aliphatic carbocycles. The van der Waals surface area contributed by atoms with Crippen LogP contribution in [-0.4, -0.2) is 23.7 Å². The van der Waals surface area contributed by atoms with E-state index in [4.69, 9.17) is 4.74 Å². The molecule has 0 spiro atoms. The molecular weight excluding hydrogens is 258 g/mol. The maximum absolute atomic E-state index is 11.6. The zero-order chi connectivity index (χ0) is 15.3. The van der Waals surface area contributed by atoms with Crippen molar-refractivity contribution in [3.8, 4) is 0 Å². The fourth-order valence-electron chi connectivity index (χ4n) is 1.60. The van der Waals surface area contributed by atoms with Crippen LogP contribution in [0.25, 0.3) is 0 Å². The number of aliphatic carboxylic acids is 1. The smallest absolute Gasteiger partial charge is 0.408 e. The van der Waals surface area contributed by atoms with Crippen LogP contribution < -0.4 is 10.4 Å². The molecule has 110 valence electrons. The van der Waals surface area contributed by atoms with Gasteiger partial charge >= 0.3 is 6.09 Å². The fourth-order valence-corrected chi connectivity index (χ4v) is 1.60. The van der Waals surface area contributed by atoms with Crippen LogP contribution in [0.1, 0.15) is 31.9 Å². The summed E-state index contributed by atoms with van der Waals surface area (Å²) in [5.41, 5.74) is 1.21. The van der Waals surface area contributed by atoms with E-state index in [0.29, 0.717) is 0 Å². The van der Waals surface area contributed by atoms with Gasteiger partial charge in [0.2, 0.25) is 0 Å². The minimum Gasteiger partial charge on any atom is -0.548 e. The number of benzene rings is 1. The predicted molar refractivity (Wildman–Crippen MR) is 73.0 cm³/mol. The van der Waals surface area contributed by atoms with Gasteiger partial charge in [0.05, 0.1) is 12.0 Å². The molecule has 0 saturated heterocycles. The fraction of sp³-hybridized carbons (Fsp3) is 0.467. The standard InChI is InChI=1S/C15H21NO4/c1-10-5-7-11(8-6-10)9-12(13(17)18)16-14(19)20-15(2,3)4/h5-8,12H,9H2,1-4H3,(H,16,19)(H,17,18)/p-1/t12-/m1/s1. The maximum Gasteiger partial charge on any atom is 0.408 e. The van der Waals surface area contributed by atoms with Gasteiger partial charge in [-0.15, -0.1) is 0 Å². The van der Waals surface area contributed by atoms with Crippen LogP contribution >= 0.6 is 0 Å². The zero-order valence-corrected chi connectivity index (χ0v) is 12.2. The van der Waals surface area contributed by atoms with Gasteiger partial charge in [-0.3, -0.25) is 0 Å². The van der Waals surface area contributed by atoms with Crippen molar-refractivity contribution in [2.24, 2.45) is 0 Å². The Balaban J connectivity index is 2.68. The first-order valence-electron chi connectivity index (χ1n) is 6.43. The Labute approximate surface area is 118 Å². The van der Waals surface area contributed by atoms with Gasteiger partial charge < -0.3 is 20.0 Å². The van der Waals surface area contributed by atoms with Crippen molar-refractivity contribution in [2.45, 2.75) is 45.8 Å². The highest BCUT2D eigenvalue weighted by atomic mass is 16.6. The third kappa shape index (κ3) is 5.73. The lowest BCUT2D eigenvalue weighted by Crippen LogP contribution is -2.50. The van der Waals surface area contributed by atoms with Gasteiger partial charge in [0.25, 0.3) is 0 Å². The normalized spacial score (nSPS) is 12.6. The van der Waals surface area contributed by atoms with E-state index in [0.717, 1.165) is 11.1 Å². The third-order valence-electron chi connectivity index (χ3n) is 2.54. The molecule has 0 aliphatic heterocycles. The SMILES string of the molecule is Cc1ccc(C[C@@H](NC(=O)OC(C)(C)C)C(=O)[O-])cc1. The van der Waals surface area contributed by atoms with E-state index in [1.807, 2.05) is 31.2 Å². The molecule has 0 fully saturated rings. The average molecular weight is 278 g/mol. The molecule has 0 aromatic heterocycles. The monoisotopic (exact) mass is 278 g/mol. The number of hydrogen-bond acceptors (Lipinski definition) is 4. The summed E-state index contributed by atoms with van der Waals surface area (Å²) in [6.07, 6.45) is -0.610. The molecule has 0 bridgehead atoms. The number of alkyl carbamates (subject to hydrolysis) is 1. The molecule has 20 heavy (non-hydrogen) atoms. The van der Waals surface area contributed by atoms with Gasteiger partial charge in [0.1, 0.15) is 5.60 Å². The molecule has 1 rings (SSSR count). The first-order chi connectivity index (χ1) is 9.17. The summed E-state index contributed by atoms with van der Waals surface area (Å²) >= 11 is 0. The van der Waals surface area contributed by atoms with E-state index >= 15 is 0 Å². The average Bonchev–Trinajstić information content (AvgIpc) is 2.28. The number of rotatable bonds is 4. The van der Waals surface area contributed by atoms with Crippen molar-refractivity contribution in [1.29, 1.82) is 0 Å². The van der Waals surface area contributed by atoms with Crippen LogP contribution in [0.4, 0.5) is 4.79 Å². The molecule has 0 unspecified atom stereocenters. The number of amides is 1. The molecular formula is C15H20NO4-. The largest absolute Gasteiger partial charge is 0.548 e. The second-order valence-electron chi connectivity index (χ2n) is 5.71. The summed E-state index contributed by atoms with van der Waals surface area (Å²) in [6, 6.07) is 6.29. The number of ether oxygens (including phenoxy) is 1. The molecule has 0 aliphatic rings. The third-order valence-corrected chi connectivity index (χ3v) is 2.54. The first kappa shape index (κ1) is 16.0. The van der Waals surface area contributed by atoms with Crippen LogP contribution in [0.3, 0.4) is 0 Å². The van der Waals surface area contributed by atoms with E-state index in [2.05, 4.69) is 5.32 Å². The molecule has 0 radical (unpaired) electrons. The van der Waals surface area contributed by atoms with Gasteiger partial charge in [-0.25, -0.2) is 4.79 Å². The highest BCUT2D eigenvalue weighted by molar-refractivity contribution is 5.79. The maximum atomic E-state index is 11.6. The lowest BCUT2D eigenvalue weighted by molar-refractivity contribution is -0.308. The number of carboxylic acids is 1. The molecule has 1 aromatic carbocycles. The summed E-state index contributed by atoms with van der Waals surface area (Å²) in [5, 5.41) is 13.4. The Morgan fingerprint density at radius 2 is 1.80 bits per heavy atom. The summed E-state index contributed by atoms with van der Waals surface area (Å²) in [6.45, 7) is 7.07. The number of carbonyl (C=O) groups is 2. The van der Waals surface area contributed by atoms with Crippen molar-refractivity contribution in [3.05, 3.63) is 35.4 Å². The number of aryl methyl sites for hydroxylation is 1. The summed E-state index contributed by atoms with van der Waals surface area (Å²) < 4.78 is 5.03. The predicted octanol–water partition coefficient (Wildman–Crippen LogP) is 1.18. The van der Waals surface area contributed by atoms with E-state index in [9.17, 15) is 14.7 Å². The topological polar surface area (TPSA) is 78.5 Å². The van der Waals surface area contributed by atoms with Crippen molar-refractivity contribution < 1.29 is 19.4 Å². The summed E-state index contributed by atoms with van der Waals surface area (Å²) in [7, 11) is 0. The number of carbonyl (C=O) groups excluding carboxylic acids is 2. The zero-order valence-electron chi connectivity index (χ0n) is 12.2. The van der Waals surface area contributed by atoms with Gasteiger partial charge in [0, 0.05) is 0 Å². The molecule has 1 atom stereocenters. The van der Waals surface area contributed by atoms with E-state index in [-0.39, 0.29) is 6.42 Å². The van der Waals surface area contributed by atoms with Crippen molar-refractivity contribution >= 4 is 12.1 Å². The van der Waals surface area contributed by atoms with Crippen molar-refractivity contribution in [1.82, 2.24) is 5.32 Å². The molecule has 1 aromatic rings.